The average Bonchev–Trinajstić information content (AvgIpc) is 3.08. The van der Waals surface area contributed by atoms with E-state index in [4.69, 9.17) is 21.9 Å². The van der Waals surface area contributed by atoms with E-state index >= 15 is 0 Å². The number of amides is 2. The van der Waals surface area contributed by atoms with Gasteiger partial charge in [0.15, 0.2) is 0 Å². The number of thiocarbonyl (C=S) groups is 1. The Morgan fingerprint density at radius 2 is 1.97 bits per heavy atom. The molecule has 2 amide bonds. The first-order chi connectivity index (χ1) is 15.8. The number of hydrogen-bond donors (Lipinski definition) is 0. The average molecular weight is 488 g/mol. The highest BCUT2D eigenvalue weighted by molar-refractivity contribution is 8.26. The molecule has 0 saturated carbocycles. The number of aromatic nitrogens is 2. The number of thioether (sulfide) groups is 1. The smallest absolute Gasteiger partial charge is 0.409 e. The summed E-state index contributed by atoms with van der Waals surface area (Å²) in [5.74, 6) is 0.291. The van der Waals surface area contributed by atoms with Crippen LogP contribution >= 0.6 is 24.0 Å². The van der Waals surface area contributed by atoms with E-state index in [1.54, 1.807) is 30.2 Å². The molecule has 2 aliphatic rings. The fourth-order valence-electron chi connectivity index (χ4n) is 3.89. The summed E-state index contributed by atoms with van der Waals surface area (Å²) >= 11 is 6.51. The van der Waals surface area contributed by atoms with Crippen LogP contribution in [0.15, 0.2) is 28.0 Å². The number of pyridine rings is 1. The van der Waals surface area contributed by atoms with Crippen LogP contribution in [-0.4, -0.2) is 74.8 Å². The van der Waals surface area contributed by atoms with Gasteiger partial charge in [0.2, 0.25) is 0 Å². The summed E-state index contributed by atoms with van der Waals surface area (Å²) in [6.45, 7) is 8.20. The lowest BCUT2D eigenvalue weighted by Crippen LogP contribution is -2.49. The quantitative estimate of drug-likeness (QED) is 0.480. The highest BCUT2D eigenvalue weighted by Gasteiger charge is 2.32. The van der Waals surface area contributed by atoms with Crippen LogP contribution in [0.2, 0.25) is 0 Å². The third-order valence-electron chi connectivity index (χ3n) is 5.63. The van der Waals surface area contributed by atoms with Crippen LogP contribution in [0.25, 0.3) is 11.7 Å². The Morgan fingerprint density at radius 3 is 2.61 bits per heavy atom. The van der Waals surface area contributed by atoms with Gasteiger partial charge in [-0.15, -0.1) is 0 Å². The lowest BCUT2D eigenvalue weighted by atomic mass is 10.2. The van der Waals surface area contributed by atoms with Crippen LogP contribution in [-0.2, 0) is 9.53 Å². The zero-order chi connectivity index (χ0) is 23.7. The maximum absolute atomic E-state index is 13.5. The third-order valence-corrected chi connectivity index (χ3v) is 7.01. The molecule has 2 aliphatic heterocycles. The van der Waals surface area contributed by atoms with E-state index in [9.17, 15) is 14.4 Å². The van der Waals surface area contributed by atoms with Crippen molar-refractivity contribution in [3.05, 3.63) is 44.7 Å². The Kier molecular flexibility index (Phi) is 6.71. The number of fused-ring (bicyclic) bond motifs is 1. The van der Waals surface area contributed by atoms with Gasteiger partial charge in [-0.3, -0.25) is 18.9 Å². The van der Waals surface area contributed by atoms with Gasteiger partial charge in [-0.2, -0.15) is 0 Å². The highest BCUT2D eigenvalue weighted by Crippen LogP contribution is 2.33. The number of ether oxygens (including phenoxy) is 1. The van der Waals surface area contributed by atoms with Gasteiger partial charge in [-0.25, -0.2) is 9.78 Å². The van der Waals surface area contributed by atoms with E-state index in [0.717, 1.165) is 5.56 Å². The number of piperazine rings is 1. The Morgan fingerprint density at radius 1 is 1.24 bits per heavy atom. The van der Waals surface area contributed by atoms with Crippen molar-refractivity contribution in [3.8, 4) is 0 Å². The van der Waals surface area contributed by atoms with Crippen LogP contribution in [0.1, 0.15) is 25.0 Å². The second-order valence-corrected chi connectivity index (χ2v) is 9.31. The minimum atomic E-state index is -0.344. The van der Waals surface area contributed by atoms with Crippen LogP contribution < -0.4 is 10.5 Å². The highest BCUT2D eigenvalue weighted by atomic mass is 32.2. The van der Waals surface area contributed by atoms with Gasteiger partial charge in [-0.1, -0.05) is 30.0 Å². The van der Waals surface area contributed by atoms with Gasteiger partial charge in [0.1, 0.15) is 15.8 Å². The van der Waals surface area contributed by atoms with Gasteiger partial charge < -0.3 is 14.5 Å². The Hall–Kier alpha value is -2.92. The van der Waals surface area contributed by atoms with E-state index in [1.807, 2.05) is 24.8 Å². The van der Waals surface area contributed by atoms with Crippen molar-refractivity contribution in [2.45, 2.75) is 20.8 Å². The largest absolute Gasteiger partial charge is 0.450 e. The lowest BCUT2D eigenvalue weighted by Gasteiger charge is -2.35. The van der Waals surface area contributed by atoms with Gasteiger partial charge in [0.05, 0.1) is 17.1 Å². The van der Waals surface area contributed by atoms with E-state index in [-0.39, 0.29) is 17.6 Å². The maximum Gasteiger partial charge on any atom is 0.409 e. The molecule has 0 aromatic carbocycles. The Balaban J connectivity index is 1.78. The summed E-state index contributed by atoms with van der Waals surface area (Å²) < 4.78 is 7.08. The number of nitrogens with zero attached hydrogens (tertiary/aromatic N) is 5. The minimum Gasteiger partial charge on any atom is -0.450 e. The van der Waals surface area contributed by atoms with Crippen molar-refractivity contribution in [2.24, 2.45) is 0 Å². The van der Waals surface area contributed by atoms with E-state index in [1.165, 1.54) is 21.1 Å². The summed E-state index contributed by atoms with van der Waals surface area (Å²) in [6, 6.07) is 3.69. The minimum absolute atomic E-state index is 0.209. The van der Waals surface area contributed by atoms with Crippen molar-refractivity contribution < 1.29 is 14.3 Å². The van der Waals surface area contributed by atoms with Crippen LogP contribution in [0.5, 0.6) is 0 Å². The molecular weight excluding hydrogens is 462 g/mol. The molecule has 174 valence electrons. The number of carbonyl (C=O) groups excluding carboxylic acids is 2. The monoisotopic (exact) mass is 487 g/mol. The molecule has 11 heteroatoms. The van der Waals surface area contributed by atoms with Crippen molar-refractivity contribution in [2.75, 3.05) is 44.2 Å². The van der Waals surface area contributed by atoms with Crippen molar-refractivity contribution in [3.63, 3.8) is 0 Å². The van der Waals surface area contributed by atoms with Crippen molar-refractivity contribution >= 4 is 57.8 Å². The molecule has 33 heavy (non-hydrogen) atoms. The lowest BCUT2D eigenvalue weighted by molar-refractivity contribution is -0.121. The summed E-state index contributed by atoms with van der Waals surface area (Å²) in [7, 11) is 0. The molecule has 0 bridgehead atoms. The molecule has 2 aromatic rings. The maximum atomic E-state index is 13.5. The number of aryl methyl sites for hydroxylation is 1. The molecular formula is C22H25N5O4S2. The fourth-order valence-corrected chi connectivity index (χ4v) is 5.25. The molecule has 0 unspecified atom stereocenters. The van der Waals surface area contributed by atoms with Crippen LogP contribution in [0.3, 0.4) is 0 Å². The van der Waals surface area contributed by atoms with Crippen LogP contribution in [0, 0.1) is 6.92 Å². The molecule has 2 saturated heterocycles. The molecule has 2 fully saturated rings. The third kappa shape index (κ3) is 4.34. The van der Waals surface area contributed by atoms with E-state index < -0.39 is 0 Å². The first kappa shape index (κ1) is 23.2. The van der Waals surface area contributed by atoms with Crippen molar-refractivity contribution in [1.29, 1.82) is 0 Å². The van der Waals surface area contributed by atoms with Crippen LogP contribution in [0.4, 0.5) is 10.6 Å². The molecule has 0 atom stereocenters. The number of hydrogen-bond acceptors (Lipinski definition) is 8. The standard InChI is InChI=1S/C22H25N5O4S2/c1-4-26-20(29)16(33-22(26)32)13-15-18(23-17-14(3)7-6-8-27(17)19(15)28)24-9-11-25(12-10-24)21(30)31-5-2/h6-8,13H,4-5,9-12H2,1-3H3/b16-13+. The number of anilines is 1. The molecule has 0 N–H and O–H groups in total. The molecule has 9 nitrogen and oxygen atoms in total. The molecule has 0 spiro atoms. The molecule has 0 radical (unpaired) electrons. The van der Waals surface area contributed by atoms with E-state index in [2.05, 4.69) is 0 Å². The summed E-state index contributed by atoms with van der Waals surface area (Å²) in [5, 5.41) is 0. The normalized spacial score (nSPS) is 18.0. The first-order valence-corrected chi connectivity index (χ1v) is 12.0. The molecule has 2 aromatic heterocycles. The summed E-state index contributed by atoms with van der Waals surface area (Å²) in [4.78, 5) is 48.8. The number of rotatable bonds is 4. The fraction of sp³-hybridized carbons (Fsp3) is 0.409. The SMILES string of the molecule is CCOC(=O)N1CCN(c2nc3c(C)cccn3c(=O)c2/C=C2/SC(=S)N(CC)C2=O)CC1. The summed E-state index contributed by atoms with van der Waals surface area (Å²) in [6.07, 6.45) is 2.93. The predicted molar refractivity (Wildman–Crippen MR) is 133 cm³/mol. The van der Waals surface area contributed by atoms with Crippen molar-refractivity contribution in [1.82, 2.24) is 19.2 Å². The Labute approximate surface area is 201 Å². The second kappa shape index (κ2) is 9.52. The van der Waals surface area contributed by atoms with Gasteiger partial charge >= 0.3 is 6.09 Å². The van der Waals surface area contributed by atoms with Gasteiger partial charge in [0.25, 0.3) is 11.5 Å². The van der Waals surface area contributed by atoms with Gasteiger partial charge in [0, 0.05) is 38.9 Å². The second-order valence-electron chi connectivity index (χ2n) is 7.64. The van der Waals surface area contributed by atoms with E-state index in [0.29, 0.717) is 65.6 Å². The molecule has 4 rings (SSSR count). The van der Waals surface area contributed by atoms with Gasteiger partial charge in [-0.05, 0) is 38.5 Å². The zero-order valence-electron chi connectivity index (χ0n) is 18.7. The topological polar surface area (TPSA) is 87.5 Å². The first-order valence-electron chi connectivity index (χ1n) is 10.8. The number of likely N-dealkylation sites (N-methyl/N-ethyl adjacent to an activating group) is 1. The zero-order valence-corrected chi connectivity index (χ0v) is 20.4. The molecule has 0 aliphatic carbocycles. The summed E-state index contributed by atoms with van der Waals surface area (Å²) in [5.41, 5.74) is 1.50. The number of carbonyl (C=O) groups is 2. The predicted octanol–water partition coefficient (Wildman–Crippen LogP) is 2.50. The molecule has 4 heterocycles. The Bertz CT molecular complexity index is 1220.